The van der Waals surface area contributed by atoms with Gasteiger partial charge in [0.15, 0.2) is 0 Å². The number of nitrogens with one attached hydrogen (secondary N) is 1. The smallest absolute Gasteiger partial charge is 0.234 e. The Hall–Kier alpha value is -2.31. The van der Waals surface area contributed by atoms with Gasteiger partial charge >= 0.3 is 0 Å². The van der Waals surface area contributed by atoms with E-state index in [4.69, 9.17) is 0 Å². The van der Waals surface area contributed by atoms with Crippen molar-refractivity contribution in [1.82, 2.24) is 14.5 Å². The molecule has 2 aliphatic rings. The van der Waals surface area contributed by atoms with Crippen molar-refractivity contribution < 1.29 is 8.42 Å². The second-order valence-electron chi connectivity index (χ2n) is 7.09. The SMILES string of the molecule is C=CC1=C(/C=C/S(=O)(=O)NC2(C)CC2)N(C)C(=C)N1CC(=C)/C=C\C=C\C. The summed E-state index contributed by atoms with van der Waals surface area (Å²) >= 11 is 0. The van der Waals surface area contributed by atoms with E-state index >= 15 is 0 Å². The number of hydrogen-bond donors (Lipinski definition) is 1. The third kappa shape index (κ3) is 5.34. The summed E-state index contributed by atoms with van der Waals surface area (Å²) in [5.41, 5.74) is 2.13. The minimum Gasteiger partial charge on any atom is -0.330 e. The van der Waals surface area contributed by atoms with Gasteiger partial charge in [-0.15, -0.1) is 0 Å². The van der Waals surface area contributed by atoms with E-state index < -0.39 is 10.0 Å². The van der Waals surface area contributed by atoms with Crippen molar-refractivity contribution in [3.8, 4) is 0 Å². The molecule has 0 aromatic carbocycles. The summed E-state index contributed by atoms with van der Waals surface area (Å²) in [6.07, 6.45) is 12.8. The van der Waals surface area contributed by atoms with Gasteiger partial charge in [0.25, 0.3) is 0 Å². The summed E-state index contributed by atoms with van der Waals surface area (Å²) in [5, 5.41) is 1.21. The first kappa shape index (κ1) is 21.0. The molecule has 1 saturated carbocycles. The molecule has 0 amide bonds. The topological polar surface area (TPSA) is 52.7 Å². The summed E-state index contributed by atoms with van der Waals surface area (Å²) in [4.78, 5) is 3.82. The fraction of sp³-hybridized carbons (Fsp3) is 0.333. The number of allylic oxidation sites excluding steroid dienone is 5. The zero-order chi connectivity index (χ0) is 20.2. The molecule has 27 heavy (non-hydrogen) atoms. The van der Waals surface area contributed by atoms with Crippen LogP contribution in [-0.4, -0.2) is 37.3 Å². The molecule has 1 heterocycles. The third-order valence-electron chi connectivity index (χ3n) is 4.60. The molecule has 1 N–H and O–H groups in total. The van der Waals surface area contributed by atoms with E-state index in [1.54, 1.807) is 12.2 Å². The maximum absolute atomic E-state index is 12.3. The minimum atomic E-state index is -3.50. The van der Waals surface area contributed by atoms with Crippen LogP contribution >= 0.6 is 0 Å². The number of likely N-dealkylation sites (N-methyl/N-ethyl adjacent to an activating group) is 1. The van der Waals surface area contributed by atoms with Gasteiger partial charge in [0.1, 0.15) is 5.82 Å². The lowest BCUT2D eigenvalue weighted by Gasteiger charge is -2.23. The van der Waals surface area contributed by atoms with Crippen molar-refractivity contribution in [1.29, 1.82) is 0 Å². The van der Waals surface area contributed by atoms with Crippen molar-refractivity contribution in [2.45, 2.75) is 32.2 Å². The first-order valence-corrected chi connectivity index (χ1v) is 10.4. The van der Waals surface area contributed by atoms with E-state index in [1.165, 1.54) is 5.41 Å². The first-order valence-electron chi connectivity index (χ1n) is 8.88. The number of hydrogen-bond acceptors (Lipinski definition) is 4. The molecule has 0 bridgehead atoms. The highest BCUT2D eigenvalue weighted by atomic mass is 32.2. The zero-order valence-electron chi connectivity index (χ0n) is 16.4. The van der Waals surface area contributed by atoms with Crippen LogP contribution in [0.1, 0.15) is 26.7 Å². The Morgan fingerprint density at radius 1 is 1.30 bits per heavy atom. The predicted molar refractivity (Wildman–Crippen MR) is 113 cm³/mol. The molecule has 0 unspecified atom stereocenters. The highest BCUT2D eigenvalue weighted by Crippen LogP contribution is 2.35. The van der Waals surface area contributed by atoms with Crippen LogP contribution in [0.15, 0.2) is 84.4 Å². The monoisotopic (exact) mass is 387 g/mol. The van der Waals surface area contributed by atoms with E-state index in [9.17, 15) is 8.42 Å². The summed E-state index contributed by atoms with van der Waals surface area (Å²) in [6, 6.07) is 0. The number of nitrogens with zero attached hydrogens (tertiary/aromatic N) is 2. The first-order chi connectivity index (χ1) is 12.6. The largest absolute Gasteiger partial charge is 0.330 e. The predicted octanol–water partition coefficient (Wildman–Crippen LogP) is 3.78. The van der Waals surface area contributed by atoms with Crippen LogP contribution in [0.4, 0.5) is 0 Å². The fourth-order valence-corrected chi connectivity index (χ4v) is 4.00. The van der Waals surface area contributed by atoms with Crippen LogP contribution in [0.5, 0.6) is 0 Å². The van der Waals surface area contributed by atoms with Gasteiger partial charge in [0.2, 0.25) is 10.0 Å². The summed E-state index contributed by atoms with van der Waals surface area (Å²) in [7, 11) is -1.65. The maximum atomic E-state index is 12.3. The normalized spacial score (nSPS) is 19.9. The summed E-state index contributed by atoms with van der Waals surface area (Å²) in [5.74, 6) is 0.740. The van der Waals surface area contributed by atoms with Crippen LogP contribution < -0.4 is 4.72 Å². The lowest BCUT2D eigenvalue weighted by atomic mass is 10.2. The van der Waals surface area contributed by atoms with Crippen molar-refractivity contribution in [3.05, 3.63) is 84.4 Å². The van der Waals surface area contributed by atoms with Crippen LogP contribution in [0.2, 0.25) is 0 Å². The third-order valence-corrected chi connectivity index (χ3v) is 5.87. The van der Waals surface area contributed by atoms with E-state index in [1.807, 2.05) is 55.0 Å². The molecular formula is C21H29N3O2S. The second-order valence-corrected chi connectivity index (χ2v) is 8.66. The highest BCUT2D eigenvalue weighted by Gasteiger charge is 2.40. The van der Waals surface area contributed by atoms with Crippen molar-refractivity contribution >= 4 is 10.0 Å². The Labute approximate surface area is 163 Å². The van der Waals surface area contributed by atoms with Crippen molar-refractivity contribution in [2.75, 3.05) is 13.6 Å². The molecule has 1 fully saturated rings. The second kappa shape index (κ2) is 8.15. The van der Waals surface area contributed by atoms with E-state index in [-0.39, 0.29) is 5.54 Å². The molecule has 0 radical (unpaired) electrons. The molecular weight excluding hydrogens is 358 g/mol. The molecule has 0 spiro atoms. The van der Waals surface area contributed by atoms with E-state index in [0.29, 0.717) is 6.54 Å². The standard InChI is InChI=1S/C21H29N3O2S/c1-7-9-10-11-17(3)16-24-18(4)23(6)20(19(24)8-2)12-15-27(25,26)22-21(5)13-14-21/h7-12,15,22H,2-4,13-14,16H2,1,5-6H3/b9-7+,11-10-,15-12+. The molecule has 146 valence electrons. The Bertz CT molecular complexity index is 856. The number of sulfonamides is 1. The molecule has 0 atom stereocenters. The summed E-state index contributed by atoms with van der Waals surface area (Å²) in [6.45, 7) is 16.5. The average molecular weight is 388 g/mol. The molecule has 0 aromatic rings. The van der Waals surface area contributed by atoms with Crippen molar-refractivity contribution in [3.63, 3.8) is 0 Å². The van der Waals surface area contributed by atoms with Crippen LogP contribution in [0, 0.1) is 0 Å². The molecule has 2 rings (SSSR count). The van der Waals surface area contributed by atoms with E-state index in [2.05, 4.69) is 24.5 Å². The lowest BCUT2D eigenvalue weighted by molar-refractivity contribution is 0.404. The molecule has 1 aliphatic heterocycles. The lowest BCUT2D eigenvalue weighted by Crippen LogP contribution is -2.32. The van der Waals surface area contributed by atoms with Crippen LogP contribution in [-0.2, 0) is 10.0 Å². The Morgan fingerprint density at radius 2 is 1.96 bits per heavy atom. The van der Waals surface area contributed by atoms with Crippen LogP contribution in [0.3, 0.4) is 0 Å². The van der Waals surface area contributed by atoms with Gasteiger partial charge in [0, 0.05) is 24.5 Å². The Morgan fingerprint density at radius 3 is 2.52 bits per heavy atom. The van der Waals surface area contributed by atoms with Gasteiger partial charge in [-0.1, -0.05) is 44.0 Å². The van der Waals surface area contributed by atoms with E-state index in [0.717, 1.165) is 35.6 Å². The van der Waals surface area contributed by atoms with Gasteiger partial charge in [0.05, 0.1) is 11.4 Å². The van der Waals surface area contributed by atoms with Gasteiger partial charge in [-0.3, -0.25) is 0 Å². The van der Waals surface area contributed by atoms with Gasteiger partial charge in [-0.2, -0.15) is 0 Å². The molecule has 5 nitrogen and oxygen atoms in total. The molecule has 1 aliphatic carbocycles. The molecule has 6 heteroatoms. The Balaban J connectivity index is 2.22. The van der Waals surface area contributed by atoms with Gasteiger partial charge in [-0.25, -0.2) is 13.1 Å². The average Bonchev–Trinajstić information content (AvgIpc) is 3.26. The minimum absolute atomic E-state index is 0.299. The van der Waals surface area contributed by atoms with Gasteiger partial charge < -0.3 is 9.80 Å². The zero-order valence-corrected chi connectivity index (χ0v) is 17.2. The highest BCUT2D eigenvalue weighted by molar-refractivity contribution is 7.92. The van der Waals surface area contributed by atoms with Crippen molar-refractivity contribution in [2.24, 2.45) is 0 Å². The number of rotatable bonds is 9. The Kier molecular flexibility index (Phi) is 6.34. The summed E-state index contributed by atoms with van der Waals surface area (Å²) < 4.78 is 27.3. The van der Waals surface area contributed by atoms with Gasteiger partial charge in [-0.05, 0) is 44.4 Å². The maximum Gasteiger partial charge on any atom is 0.234 e. The molecule has 0 saturated heterocycles. The quantitative estimate of drug-likeness (QED) is 0.612. The van der Waals surface area contributed by atoms with Crippen LogP contribution in [0.25, 0.3) is 0 Å². The molecule has 0 aromatic heterocycles. The fourth-order valence-electron chi connectivity index (χ4n) is 2.74.